The van der Waals surface area contributed by atoms with Crippen LogP contribution in [0.25, 0.3) is 10.2 Å². The highest BCUT2D eigenvalue weighted by Crippen LogP contribution is 2.32. The molecule has 136 valence electrons. The van der Waals surface area contributed by atoms with Gasteiger partial charge in [-0.15, -0.1) is 0 Å². The number of aromatic nitrogens is 3. The second-order valence-electron chi connectivity index (χ2n) is 6.18. The molecular formula is C18H21N5O2S. The van der Waals surface area contributed by atoms with Gasteiger partial charge in [-0.1, -0.05) is 11.3 Å². The van der Waals surface area contributed by atoms with Gasteiger partial charge in [-0.2, -0.15) is 5.10 Å². The van der Waals surface area contributed by atoms with Gasteiger partial charge in [0.1, 0.15) is 11.4 Å². The van der Waals surface area contributed by atoms with Crippen LogP contribution in [0.5, 0.6) is 5.75 Å². The Morgan fingerprint density at radius 1 is 1.23 bits per heavy atom. The molecule has 4 rings (SSSR count). The fraction of sp³-hybridized carbons (Fsp3) is 0.389. The van der Waals surface area contributed by atoms with Crippen molar-refractivity contribution in [2.75, 3.05) is 37.7 Å². The average molecular weight is 371 g/mol. The lowest BCUT2D eigenvalue weighted by molar-refractivity contribution is 0.0735. The zero-order chi connectivity index (χ0) is 18.1. The molecule has 0 radical (unpaired) electrons. The van der Waals surface area contributed by atoms with E-state index >= 15 is 0 Å². The third-order valence-corrected chi connectivity index (χ3v) is 5.62. The minimum atomic E-state index is 0.0373. The lowest BCUT2D eigenvalue weighted by atomic mass is 10.3. The van der Waals surface area contributed by atoms with Gasteiger partial charge >= 0.3 is 0 Å². The Kier molecular flexibility index (Phi) is 4.50. The predicted octanol–water partition coefficient (Wildman–Crippen LogP) is 2.39. The Bertz CT molecular complexity index is 927. The summed E-state index contributed by atoms with van der Waals surface area (Å²) in [7, 11) is 1.79. The summed E-state index contributed by atoms with van der Waals surface area (Å²) in [6.07, 6.45) is 1.65. The number of rotatable bonds is 4. The molecule has 0 spiro atoms. The van der Waals surface area contributed by atoms with Crippen molar-refractivity contribution in [2.24, 2.45) is 7.05 Å². The van der Waals surface area contributed by atoms with Crippen molar-refractivity contribution in [2.45, 2.75) is 6.92 Å². The monoisotopic (exact) mass is 371 g/mol. The fourth-order valence-electron chi connectivity index (χ4n) is 3.13. The zero-order valence-electron chi connectivity index (χ0n) is 14.9. The fourth-order valence-corrected chi connectivity index (χ4v) is 4.18. The largest absolute Gasteiger partial charge is 0.494 e. The number of piperazine rings is 1. The number of benzene rings is 1. The van der Waals surface area contributed by atoms with Crippen LogP contribution in [-0.4, -0.2) is 58.4 Å². The van der Waals surface area contributed by atoms with E-state index in [1.165, 1.54) is 0 Å². The quantitative estimate of drug-likeness (QED) is 0.705. The standard InChI is InChI=1S/C18H21N5O2S/c1-3-25-13-4-5-14-16(12-13)26-18(20-14)23-10-8-22(9-11-23)17(24)15-6-7-19-21(15)2/h4-7,12H,3,8-11H2,1-2H3. The Morgan fingerprint density at radius 2 is 2.04 bits per heavy atom. The van der Waals surface area contributed by atoms with Crippen molar-refractivity contribution in [1.29, 1.82) is 0 Å². The molecule has 7 nitrogen and oxygen atoms in total. The van der Waals surface area contributed by atoms with E-state index in [0.29, 0.717) is 25.4 Å². The SMILES string of the molecule is CCOc1ccc2nc(N3CCN(C(=O)c4ccnn4C)CC3)sc2c1. The van der Waals surface area contributed by atoms with Gasteiger partial charge in [-0.3, -0.25) is 9.48 Å². The van der Waals surface area contributed by atoms with Crippen LogP contribution in [-0.2, 0) is 7.05 Å². The minimum absolute atomic E-state index is 0.0373. The Labute approximate surface area is 155 Å². The van der Waals surface area contributed by atoms with E-state index in [1.807, 2.05) is 30.0 Å². The van der Waals surface area contributed by atoms with Crippen LogP contribution in [0.3, 0.4) is 0 Å². The van der Waals surface area contributed by atoms with Gasteiger partial charge in [0.25, 0.3) is 5.91 Å². The predicted molar refractivity (Wildman–Crippen MR) is 102 cm³/mol. The molecule has 0 bridgehead atoms. The Hall–Kier alpha value is -2.61. The van der Waals surface area contributed by atoms with Crippen LogP contribution in [0.2, 0.25) is 0 Å². The van der Waals surface area contributed by atoms with Gasteiger partial charge in [0.05, 0.1) is 16.8 Å². The number of amides is 1. The number of thiazole rings is 1. The topological polar surface area (TPSA) is 63.5 Å². The maximum absolute atomic E-state index is 12.6. The van der Waals surface area contributed by atoms with Crippen molar-refractivity contribution in [1.82, 2.24) is 19.7 Å². The summed E-state index contributed by atoms with van der Waals surface area (Å²) < 4.78 is 8.32. The van der Waals surface area contributed by atoms with E-state index in [1.54, 1.807) is 35.3 Å². The molecule has 1 fully saturated rings. The molecule has 1 saturated heterocycles. The molecule has 1 aliphatic heterocycles. The number of fused-ring (bicyclic) bond motifs is 1. The second-order valence-corrected chi connectivity index (χ2v) is 7.19. The first-order valence-electron chi connectivity index (χ1n) is 8.71. The molecule has 0 unspecified atom stereocenters. The summed E-state index contributed by atoms with van der Waals surface area (Å²) in [5, 5.41) is 5.08. The van der Waals surface area contributed by atoms with Crippen LogP contribution in [0.15, 0.2) is 30.5 Å². The lowest BCUT2D eigenvalue weighted by Crippen LogP contribution is -2.49. The molecule has 0 aliphatic carbocycles. The smallest absolute Gasteiger partial charge is 0.272 e. The maximum atomic E-state index is 12.6. The molecule has 0 saturated carbocycles. The van der Waals surface area contributed by atoms with E-state index in [2.05, 4.69) is 10.00 Å². The molecule has 1 amide bonds. The Balaban J connectivity index is 1.45. The van der Waals surface area contributed by atoms with Crippen LogP contribution in [0, 0.1) is 0 Å². The van der Waals surface area contributed by atoms with Crippen molar-refractivity contribution in [3.63, 3.8) is 0 Å². The van der Waals surface area contributed by atoms with Crippen molar-refractivity contribution < 1.29 is 9.53 Å². The molecule has 1 aromatic carbocycles. The molecule has 0 atom stereocenters. The maximum Gasteiger partial charge on any atom is 0.272 e. The Morgan fingerprint density at radius 3 is 2.73 bits per heavy atom. The van der Waals surface area contributed by atoms with Gasteiger partial charge in [0.15, 0.2) is 5.13 Å². The molecule has 3 aromatic rings. The van der Waals surface area contributed by atoms with Gasteiger partial charge in [0, 0.05) is 39.4 Å². The van der Waals surface area contributed by atoms with Gasteiger partial charge in [-0.25, -0.2) is 4.98 Å². The summed E-state index contributed by atoms with van der Waals surface area (Å²) in [5.74, 6) is 0.914. The summed E-state index contributed by atoms with van der Waals surface area (Å²) in [6, 6.07) is 7.77. The highest BCUT2D eigenvalue weighted by Gasteiger charge is 2.25. The second kappa shape index (κ2) is 6.95. The average Bonchev–Trinajstić information content (AvgIpc) is 3.27. The summed E-state index contributed by atoms with van der Waals surface area (Å²) in [6.45, 7) is 5.57. The molecule has 2 aromatic heterocycles. The van der Waals surface area contributed by atoms with Gasteiger partial charge < -0.3 is 14.5 Å². The zero-order valence-corrected chi connectivity index (χ0v) is 15.7. The first-order valence-corrected chi connectivity index (χ1v) is 9.53. The molecule has 3 heterocycles. The third kappa shape index (κ3) is 3.12. The number of nitrogens with zero attached hydrogens (tertiary/aromatic N) is 5. The van der Waals surface area contributed by atoms with Crippen LogP contribution >= 0.6 is 11.3 Å². The number of hydrogen-bond acceptors (Lipinski definition) is 6. The third-order valence-electron chi connectivity index (χ3n) is 4.54. The summed E-state index contributed by atoms with van der Waals surface area (Å²) in [5.41, 5.74) is 1.61. The molecule has 0 N–H and O–H groups in total. The van der Waals surface area contributed by atoms with Crippen molar-refractivity contribution in [3.05, 3.63) is 36.2 Å². The number of carbonyl (C=O) groups excluding carboxylic acids is 1. The van der Waals surface area contributed by atoms with Gasteiger partial charge in [0.2, 0.25) is 0 Å². The lowest BCUT2D eigenvalue weighted by Gasteiger charge is -2.34. The number of anilines is 1. The van der Waals surface area contributed by atoms with E-state index in [9.17, 15) is 4.79 Å². The first-order chi connectivity index (χ1) is 12.7. The minimum Gasteiger partial charge on any atom is -0.494 e. The van der Waals surface area contributed by atoms with Crippen LogP contribution in [0.1, 0.15) is 17.4 Å². The summed E-state index contributed by atoms with van der Waals surface area (Å²) in [4.78, 5) is 21.5. The van der Waals surface area contributed by atoms with Crippen molar-refractivity contribution in [3.8, 4) is 5.75 Å². The number of aryl methyl sites for hydroxylation is 1. The van der Waals surface area contributed by atoms with Crippen molar-refractivity contribution >= 4 is 32.6 Å². The highest BCUT2D eigenvalue weighted by molar-refractivity contribution is 7.22. The normalized spacial score (nSPS) is 14.8. The molecular weight excluding hydrogens is 350 g/mol. The molecule has 8 heteroatoms. The van der Waals surface area contributed by atoms with E-state index in [0.717, 1.165) is 34.2 Å². The van der Waals surface area contributed by atoms with E-state index in [-0.39, 0.29) is 5.91 Å². The molecule has 26 heavy (non-hydrogen) atoms. The van der Waals surface area contributed by atoms with E-state index in [4.69, 9.17) is 9.72 Å². The van der Waals surface area contributed by atoms with Gasteiger partial charge in [-0.05, 0) is 31.2 Å². The summed E-state index contributed by atoms with van der Waals surface area (Å²) >= 11 is 1.67. The molecule has 1 aliphatic rings. The number of ether oxygens (including phenoxy) is 1. The van der Waals surface area contributed by atoms with Crippen LogP contribution in [0.4, 0.5) is 5.13 Å². The highest BCUT2D eigenvalue weighted by atomic mass is 32.1. The first kappa shape index (κ1) is 16.8. The van der Waals surface area contributed by atoms with E-state index < -0.39 is 0 Å². The number of carbonyl (C=O) groups is 1. The number of hydrogen-bond donors (Lipinski definition) is 0. The van der Waals surface area contributed by atoms with Crippen LogP contribution < -0.4 is 9.64 Å².